The first-order valence-corrected chi connectivity index (χ1v) is 8.17. The van der Waals surface area contributed by atoms with E-state index in [-0.39, 0.29) is 23.3 Å². The van der Waals surface area contributed by atoms with Gasteiger partial charge >= 0.3 is 0 Å². The van der Waals surface area contributed by atoms with Crippen molar-refractivity contribution in [2.75, 3.05) is 27.2 Å². The van der Waals surface area contributed by atoms with Gasteiger partial charge in [-0.3, -0.25) is 0 Å². The molecule has 0 radical (unpaired) electrons. The lowest BCUT2D eigenvalue weighted by Gasteiger charge is -2.34. The van der Waals surface area contributed by atoms with Crippen molar-refractivity contribution in [1.82, 2.24) is 9.21 Å². The fourth-order valence-corrected chi connectivity index (χ4v) is 4.17. The molecule has 7 heteroatoms. The number of rotatable bonds is 4. The summed E-state index contributed by atoms with van der Waals surface area (Å²) in [7, 11) is 0.0955. The minimum absolute atomic E-state index is 0.0167. The molecular weight excluding hydrogens is 280 g/mol. The fraction of sp³-hybridized carbons (Fsp3) is 0.692. The molecule has 0 aromatic carbocycles. The lowest BCUT2D eigenvalue weighted by atomic mass is 10.1. The molecular formula is C13H22N2O4S. The van der Waals surface area contributed by atoms with E-state index in [1.807, 2.05) is 7.05 Å². The molecule has 1 N–H and O–H groups in total. The molecule has 2 rings (SSSR count). The molecule has 0 aliphatic carbocycles. The molecule has 1 fully saturated rings. The average Bonchev–Trinajstić information content (AvgIpc) is 2.81. The van der Waals surface area contributed by atoms with Gasteiger partial charge in [0.25, 0.3) is 0 Å². The van der Waals surface area contributed by atoms with E-state index in [0.717, 1.165) is 25.9 Å². The summed E-state index contributed by atoms with van der Waals surface area (Å²) in [5.41, 5.74) is 0. The van der Waals surface area contributed by atoms with E-state index in [1.165, 1.54) is 10.4 Å². The van der Waals surface area contributed by atoms with Gasteiger partial charge in [-0.15, -0.1) is 0 Å². The Labute approximate surface area is 120 Å². The van der Waals surface area contributed by atoms with E-state index in [4.69, 9.17) is 9.52 Å². The van der Waals surface area contributed by atoms with Crippen molar-refractivity contribution in [3.8, 4) is 0 Å². The first-order valence-electron chi connectivity index (χ1n) is 6.73. The second kappa shape index (κ2) is 5.85. The summed E-state index contributed by atoms with van der Waals surface area (Å²) in [5, 5.41) is 9.05. The molecule has 1 aromatic rings. The molecule has 1 aliphatic rings. The third-order valence-electron chi connectivity index (χ3n) is 3.94. The van der Waals surface area contributed by atoms with Crippen molar-refractivity contribution in [2.24, 2.45) is 0 Å². The zero-order valence-corrected chi connectivity index (χ0v) is 13.0. The van der Waals surface area contributed by atoms with Crippen LogP contribution in [0.5, 0.6) is 0 Å². The normalized spacial score (nSPS) is 18.9. The van der Waals surface area contributed by atoms with E-state index in [0.29, 0.717) is 5.76 Å². The van der Waals surface area contributed by atoms with Crippen molar-refractivity contribution >= 4 is 10.0 Å². The molecule has 1 aliphatic heterocycles. The molecule has 0 amide bonds. The van der Waals surface area contributed by atoms with Crippen LogP contribution >= 0.6 is 0 Å². The summed E-state index contributed by atoms with van der Waals surface area (Å²) >= 11 is 0. The summed E-state index contributed by atoms with van der Waals surface area (Å²) in [6.45, 7) is 3.11. The number of hydrogen-bond donors (Lipinski definition) is 1. The highest BCUT2D eigenvalue weighted by atomic mass is 32.2. The number of hydrogen-bond acceptors (Lipinski definition) is 5. The average molecular weight is 302 g/mol. The number of sulfonamides is 1. The fourth-order valence-electron chi connectivity index (χ4n) is 2.57. The second-order valence-electron chi connectivity index (χ2n) is 5.35. The molecule has 6 nitrogen and oxygen atoms in total. The SMILES string of the molecule is Cc1oc(CO)cc1S(=O)(=O)N(C)C1CCN(C)CC1. The van der Waals surface area contributed by atoms with E-state index in [9.17, 15) is 8.42 Å². The van der Waals surface area contributed by atoms with Crippen molar-refractivity contribution in [3.63, 3.8) is 0 Å². The largest absolute Gasteiger partial charge is 0.462 e. The van der Waals surface area contributed by atoms with Gasteiger partial charge in [-0.2, -0.15) is 4.31 Å². The summed E-state index contributed by atoms with van der Waals surface area (Å²) in [5.74, 6) is 0.603. The van der Waals surface area contributed by atoms with Crippen LogP contribution in [0.25, 0.3) is 0 Å². The quantitative estimate of drug-likeness (QED) is 0.890. The predicted octanol–water partition coefficient (Wildman–Crippen LogP) is 0.795. The van der Waals surface area contributed by atoms with Gasteiger partial charge in [0.2, 0.25) is 10.0 Å². The Morgan fingerprint density at radius 3 is 2.55 bits per heavy atom. The van der Waals surface area contributed by atoms with Crippen molar-refractivity contribution in [1.29, 1.82) is 0 Å². The highest BCUT2D eigenvalue weighted by Gasteiger charge is 2.32. The van der Waals surface area contributed by atoms with Crippen LogP contribution in [-0.2, 0) is 16.6 Å². The van der Waals surface area contributed by atoms with Crippen LogP contribution in [0.1, 0.15) is 24.4 Å². The zero-order chi connectivity index (χ0) is 14.9. The van der Waals surface area contributed by atoms with Gasteiger partial charge in [-0.1, -0.05) is 0 Å². The Hall–Kier alpha value is -0.890. The van der Waals surface area contributed by atoms with E-state index >= 15 is 0 Å². The number of aliphatic hydroxyl groups is 1. The van der Waals surface area contributed by atoms with Crippen LogP contribution in [0.15, 0.2) is 15.4 Å². The summed E-state index contributed by atoms with van der Waals surface area (Å²) in [6.07, 6.45) is 1.66. The summed E-state index contributed by atoms with van der Waals surface area (Å²) in [6, 6.07) is 1.43. The third-order valence-corrected chi connectivity index (χ3v) is 5.96. The number of aryl methyl sites for hydroxylation is 1. The van der Waals surface area contributed by atoms with Gasteiger partial charge in [0, 0.05) is 19.2 Å². The van der Waals surface area contributed by atoms with E-state index in [2.05, 4.69) is 4.90 Å². The van der Waals surface area contributed by atoms with Gasteiger partial charge in [0.05, 0.1) is 0 Å². The first kappa shape index (κ1) is 15.5. The van der Waals surface area contributed by atoms with E-state index in [1.54, 1.807) is 14.0 Å². The topological polar surface area (TPSA) is 74.0 Å². The maximum Gasteiger partial charge on any atom is 0.246 e. The predicted molar refractivity (Wildman–Crippen MR) is 74.8 cm³/mol. The number of piperidine rings is 1. The lowest BCUT2D eigenvalue weighted by Crippen LogP contribution is -2.44. The minimum Gasteiger partial charge on any atom is -0.462 e. The molecule has 0 spiro atoms. The smallest absolute Gasteiger partial charge is 0.246 e. The highest BCUT2D eigenvalue weighted by Crippen LogP contribution is 2.26. The monoisotopic (exact) mass is 302 g/mol. The van der Waals surface area contributed by atoms with Gasteiger partial charge in [-0.25, -0.2) is 8.42 Å². The van der Waals surface area contributed by atoms with Gasteiger partial charge in [-0.05, 0) is 39.9 Å². The maximum atomic E-state index is 12.6. The second-order valence-corrected chi connectivity index (χ2v) is 7.31. The molecule has 0 saturated carbocycles. The van der Waals surface area contributed by atoms with Crippen LogP contribution in [0.4, 0.5) is 0 Å². The number of aliphatic hydroxyl groups excluding tert-OH is 1. The highest BCUT2D eigenvalue weighted by molar-refractivity contribution is 7.89. The van der Waals surface area contributed by atoms with Crippen LogP contribution in [0.2, 0.25) is 0 Å². The van der Waals surface area contributed by atoms with Crippen LogP contribution in [0, 0.1) is 6.92 Å². The Kier molecular flexibility index (Phi) is 4.53. The molecule has 1 aromatic heterocycles. The van der Waals surface area contributed by atoms with E-state index < -0.39 is 10.0 Å². The van der Waals surface area contributed by atoms with Gasteiger partial charge in [0.1, 0.15) is 23.0 Å². The van der Waals surface area contributed by atoms with Crippen LogP contribution in [0.3, 0.4) is 0 Å². The summed E-state index contributed by atoms with van der Waals surface area (Å²) in [4.78, 5) is 2.35. The third kappa shape index (κ3) is 2.90. The van der Waals surface area contributed by atoms with Gasteiger partial charge in [0.15, 0.2) is 0 Å². The molecule has 1 saturated heterocycles. The lowest BCUT2D eigenvalue weighted by molar-refractivity contribution is 0.197. The minimum atomic E-state index is -3.57. The molecule has 20 heavy (non-hydrogen) atoms. The molecule has 0 unspecified atom stereocenters. The van der Waals surface area contributed by atoms with Crippen molar-refractivity contribution in [3.05, 3.63) is 17.6 Å². The first-order chi connectivity index (χ1) is 9.36. The molecule has 2 heterocycles. The van der Waals surface area contributed by atoms with Crippen LogP contribution in [-0.4, -0.2) is 56.0 Å². The Morgan fingerprint density at radius 1 is 1.45 bits per heavy atom. The van der Waals surface area contributed by atoms with Crippen molar-refractivity contribution in [2.45, 2.75) is 37.3 Å². The Morgan fingerprint density at radius 2 is 2.05 bits per heavy atom. The standard InChI is InChI=1S/C13H22N2O4S/c1-10-13(8-12(9-16)19-10)20(17,18)15(3)11-4-6-14(2)7-5-11/h8,11,16H,4-7,9H2,1-3H3. The number of likely N-dealkylation sites (tertiary alicyclic amines) is 1. The number of nitrogens with zero attached hydrogens (tertiary/aromatic N) is 2. The zero-order valence-electron chi connectivity index (χ0n) is 12.2. The van der Waals surface area contributed by atoms with Gasteiger partial charge < -0.3 is 14.4 Å². The molecule has 0 atom stereocenters. The van der Waals surface area contributed by atoms with Crippen LogP contribution < -0.4 is 0 Å². The summed E-state index contributed by atoms with van der Waals surface area (Å²) < 4.78 is 32.0. The molecule has 114 valence electrons. The Bertz CT molecular complexity index is 559. The number of furan rings is 1. The maximum absolute atomic E-state index is 12.6. The van der Waals surface area contributed by atoms with Crippen molar-refractivity contribution < 1.29 is 17.9 Å². The Balaban J connectivity index is 2.22. The molecule has 0 bridgehead atoms.